The van der Waals surface area contributed by atoms with Gasteiger partial charge in [0.15, 0.2) is 0 Å². The molecule has 0 fully saturated rings. The Kier molecular flexibility index (Phi) is 7.14. The maximum absolute atomic E-state index is 8.49. The van der Waals surface area contributed by atoms with Gasteiger partial charge in [-0.15, -0.1) is 10.2 Å². The summed E-state index contributed by atoms with van der Waals surface area (Å²) in [6, 6.07) is 0. The Hall–Kier alpha value is -1.42. The third kappa shape index (κ3) is 10.9. The van der Waals surface area contributed by atoms with E-state index in [1.54, 1.807) is 6.33 Å². The van der Waals surface area contributed by atoms with Crippen LogP contribution in [0.5, 0.6) is 0 Å². The highest BCUT2D eigenvalue weighted by atomic mass is 35.7. The minimum absolute atomic E-state index is 0.452. The van der Waals surface area contributed by atoms with Crippen LogP contribution < -0.4 is 23.3 Å². The van der Waals surface area contributed by atoms with Crippen LogP contribution in [-0.2, 0) is 13.0 Å². The molecule has 11 heteroatoms. The number of aryl methyl sites for hydroxylation is 1. The van der Waals surface area contributed by atoms with Crippen LogP contribution in [0.2, 0.25) is 0 Å². The zero-order chi connectivity index (χ0) is 13.3. The highest BCUT2D eigenvalue weighted by molar-refractivity contribution is 4.77. The second kappa shape index (κ2) is 7.79. The quantitative estimate of drug-likeness (QED) is 0.251. The molecule has 0 spiro atoms. The molecule has 0 aromatic carbocycles. The van der Waals surface area contributed by atoms with Gasteiger partial charge in [0.25, 0.3) is 5.82 Å². The van der Waals surface area contributed by atoms with E-state index in [9.17, 15) is 0 Å². The molecular weight excluding hydrogens is 256 g/mol. The topological polar surface area (TPSA) is 174 Å². The number of rotatable bonds is 4. The van der Waals surface area contributed by atoms with Crippen LogP contribution in [0.3, 0.4) is 0 Å². The Morgan fingerprint density at radius 3 is 2.53 bits per heavy atom. The molecule has 17 heavy (non-hydrogen) atoms. The van der Waals surface area contributed by atoms with Crippen molar-refractivity contribution in [2.45, 2.75) is 19.9 Å². The summed E-state index contributed by atoms with van der Waals surface area (Å²) in [7, 11) is -4.94. The number of aromatic nitrogens is 3. The highest BCUT2D eigenvalue weighted by Crippen LogP contribution is 1.87. The summed E-state index contributed by atoms with van der Waals surface area (Å²) >= 11 is 0. The van der Waals surface area contributed by atoms with Crippen molar-refractivity contribution >= 4 is 0 Å². The van der Waals surface area contributed by atoms with Crippen LogP contribution in [0.1, 0.15) is 12.7 Å². The van der Waals surface area contributed by atoms with Crippen LogP contribution in [0.4, 0.5) is 0 Å². The number of azide groups is 1. The fraction of sp³-hybridized carbons (Fsp3) is 0.667. The van der Waals surface area contributed by atoms with Crippen molar-refractivity contribution in [1.29, 1.82) is 0 Å². The van der Waals surface area contributed by atoms with Crippen LogP contribution in [0.25, 0.3) is 10.4 Å². The molecule has 1 aromatic rings. The molecule has 1 rings (SSSR count). The molecule has 0 bridgehead atoms. The first-order chi connectivity index (χ1) is 7.86. The van der Waals surface area contributed by atoms with E-state index < -0.39 is 10.2 Å². The van der Waals surface area contributed by atoms with Crippen molar-refractivity contribution in [1.82, 2.24) is 10.1 Å². The Balaban J connectivity index is 0.000000437. The van der Waals surface area contributed by atoms with E-state index in [1.165, 1.54) is 0 Å². The predicted octanol–water partition coefficient (Wildman–Crippen LogP) is -4.19. The minimum Gasteiger partial charge on any atom is -0.222 e. The summed E-state index contributed by atoms with van der Waals surface area (Å²) in [6.45, 7) is 3.34. The monoisotopic (exact) mass is 266 g/mol. The number of halogens is 1. The molecule has 96 valence electrons. The first-order valence-corrected chi connectivity index (χ1v) is 5.66. The Morgan fingerprint density at radius 2 is 2.12 bits per heavy atom. The van der Waals surface area contributed by atoms with Gasteiger partial charge in [0.05, 0.1) is 0 Å². The molecule has 1 heterocycles. The first-order valence-electron chi connectivity index (χ1n) is 4.42. The molecule has 0 saturated carbocycles. The van der Waals surface area contributed by atoms with Gasteiger partial charge in [0.2, 0.25) is 0 Å². The fourth-order valence-corrected chi connectivity index (χ4v) is 0.845. The average Bonchev–Trinajstić information content (AvgIpc) is 2.64. The summed E-state index contributed by atoms with van der Waals surface area (Å²) in [4.78, 5) is 6.74. The molecule has 10 nitrogen and oxygen atoms in total. The number of nitrogens with one attached hydrogen (secondary N) is 1. The van der Waals surface area contributed by atoms with Gasteiger partial charge in [-0.25, -0.2) is 18.6 Å². The van der Waals surface area contributed by atoms with Crippen LogP contribution >= 0.6 is 0 Å². The van der Waals surface area contributed by atoms with Crippen molar-refractivity contribution in [2.24, 2.45) is 5.11 Å². The van der Waals surface area contributed by atoms with Crippen molar-refractivity contribution in [3.05, 3.63) is 22.6 Å². The zero-order valence-electron chi connectivity index (χ0n) is 8.95. The third-order valence-corrected chi connectivity index (χ3v) is 1.48. The van der Waals surface area contributed by atoms with Crippen molar-refractivity contribution in [2.75, 3.05) is 6.54 Å². The number of nitrogens with zero attached hydrogens (tertiary/aromatic N) is 5. The summed E-state index contributed by atoms with van der Waals surface area (Å²) in [5.41, 5.74) is 8.02. The largest absolute Gasteiger partial charge is 0.307 e. The van der Waals surface area contributed by atoms with Crippen molar-refractivity contribution < 1.29 is 33.6 Å². The normalized spacial score (nSPS) is 10.2. The molecule has 1 aromatic heterocycles. The van der Waals surface area contributed by atoms with E-state index >= 15 is 0 Å². The van der Waals surface area contributed by atoms with Crippen LogP contribution in [0.15, 0.2) is 11.4 Å². The molecule has 0 unspecified atom stereocenters. The summed E-state index contributed by atoms with van der Waals surface area (Å²) in [5, 5.41) is 6.46. The van der Waals surface area contributed by atoms with Crippen molar-refractivity contribution in [3.8, 4) is 0 Å². The fourth-order valence-electron chi connectivity index (χ4n) is 0.845. The van der Waals surface area contributed by atoms with E-state index in [0.717, 1.165) is 12.4 Å². The van der Waals surface area contributed by atoms with E-state index in [1.807, 2.05) is 11.6 Å². The van der Waals surface area contributed by atoms with Crippen LogP contribution in [-0.4, -0.2) is 16.6 Å². The molecule has 0 amide bonds. The molecule has 0 aliphatic rings. The standard InChI is InChI=1S/C6H10N6.ClHO4/c1-2-12-5-8-6(10-12)3-4-9-11-7;2-1(3,4)5/h5H,2-4H2,1H3;(H,2,3,4,5). The number of H-pyrrole nitrogens is 1. The van der Waals surface area contributed by atoms with Gasteiger partial charge < -0.3 is 0 Å². The highest BCUT2D eigenvalue weighted by Gasteiger charge is 2.04. The van der Waals surface area contributed by atoms with Gasteiger partial charge in [0, 0.05) is 17.9 Å². The molecule has 0 saturated heterocycles. The zero-order valence-corrected chi connectivity index (χ0v) is 9.70. The second-order valence-electron chi connectivity index (χ2n) is 2.67. The molecule has 0 aliphatic carbocycles. The van der Waals surface area contributed by atoms with E-state index in [2.05, 4.69) is 20.1 Å². The lowest BCUT2D eigenvalue weighted by molar-refractivity contribution is -2.00. The maximum Gasteiger partial charge on any atom is 0.307 e. The first kappa shape index (κ1) is 15.6. The molecular formula is C6H11ClN6O4. The second-order valence-corrected chi connectivity index (χ2v) is 3.43. The number of aromatic amines is 1. The molecule has 0 atom stereocenters. The average molecular weight is 267 g/mol. The van der Waals surface area contributed by atoms with Gasteiger partial charge >= 0.3 is 6.33 Å². The lowest BCUT2D eigenvalue weighted by Gasteiger charge is -2.17. The summed E-state index contributed by atoms with van der Waals surface area (Å²) in [5.74, 6) is 0.851. The lowest BCUT2D eigenvalue weighted by atomic mass is 10.4. The molecule has 0 aliphatic heterocycles. The van der Waals surface area contributed by atoms with Crippen molar-refractivity contribution in [3.63, 3.8) is 0 Å². The Labute approximate surface area is 98.5 Å². The SMILES string of the molecule is CC[n+]1cnc(CCN=[N+]=[N-])[nH]1.[O-][Cl+3]([O-])([O-])[O-]. The van der Waals surface area contributed by atoms with Gasteiger partial charge in [-0.2, -0.15) is 9.78 Å². The van der Waals surface area contributed by atoms with Gasteiger partial charge in [-0.1, -0.05) is 5.11 Å². The Bertz CT molecular complexity index is 365. The van der Waals surface area contributed by atoms with Crippen LogP contribution in [0, 0.1) is 10.2 Å². The summed E-state index contributed by atoms with van der Waals surface area (Å²) in [6.07, 6.45) is 2.39. The number of hydrogen-bond acceptors (Lipinski definition) is 6. The Morgan fingerprint density at radius 1 is 1.53 bits per heavy atom. The summed E-state index contributed by atoms with van der Waals surface area (Å²) < 4.78 is 35.8. The van der Waals surface area contributed by atoms with E-state index in [-0.39, 0.29) is 0 Å². The maximum atomic E-state index is 8.49. The molecule has 1 N–H and O–H groups in total. The van der Waals surface area contributed by atoms with Gasteiger partial charge in [0.1, 0.15) is 6.54 Å². The minimum atomic E-state index is -4.94. The van der Waals surface area contributed by atoms with Gasteiger partial charge in [-0.05, 0) is 17.4 Å². The smallest absolute Gasteiger partial charge is 0.222 e. The lowest BCUT2D eigenvalue weighted by Crippen LogP contribution is -2.68. The van der Waals surface area contributed by atoms with E-state index in [0.29, 0.717) is 13.0 Å². The van der Waals surface area contributed by atoms with Gasteiger partial charge in [-0.3, -0.25) is 0 Å². The van der Waals surface area contributed by atoms with E-state index in [4.69, 9.17) is 24.2 Å². The number of hydrogen-bond donors (Lipinski definition) is 1. The predicted molar refractivity (Wildman–Crippen MR) is 42.2 cm³/mol. The third-order valence-electron chi connectivity index (χ3n) is 1.48. The molecule has 0 radical (unpaired) electrons.